The third-order valence-corrected chi connectivity index (χ3v) is 0.406. The molecule has 1 rings (SSSR count). The molecule has 0 atom stereocenters. The van der Waals surface area contributed by atoms with Crippen LogP contribution in [0.5, 0.6) is 0 Å². The van der Waals surface area contributed by atoms with Crippen molar-refractivity contribution in [3.63, 3.8) is 0 Å². The first kappa shape index (κ1) is 5.81. The number of hydrogen-bond acceptors (Lipinski definition) is 1. The number of H-pyrrole nitrogens is 1. The van der Waals surface area contributed by atoms with Gasteiger partial charge in [-0.1, -0.05) is 0 Å². The molecule has 0 unspecified atom stereocenters. The number of rotatable bonds is 0. The predicted octanol–water partition coefficient (Wildman–Crippen LogP) is 0.0289. The Morgan fingerprint density at radius 1 is 1.50 bits per heavy atom. The van der Waals surface area contributed by atoms with E-state index in [-0.39, 0.29) is 18.9 Å². The van der Waals surface area contributed by atoms with Crippen LogP contribution >= 0.6 is 0 Å². The van der Waals surface area contributed by atoms with E-state index in [1.54, 1.807) is 12.4 Å². The molecule has 1 aromatic heterocycles. The van der Waals surface area contributed by atoms with Gasteiger partial charge in [0.25, 0.3) is 0 Å². The van der Waals surface area contributed by atoms with Gasteiger partial charge in [-0.2, -0.15) is 5.10 Å². The van der Waals surface area contributed by atoms with Gasteiger partial charge in [0.2, 0.25) is 0 Å². The molecule has 0 aromatic carbocycles. The van der Waals surface area contributed by atoms with E-state index in [2.05, 4.69) is 10.2 Å². The van der Waals surface area contributed by atoms with Crippen LogP contribution in [0.4, 0.5) is 0 Å². The minimum atomic E-state index is 0. The third-order valence-electron chi connectivity index (χ3n) is 0.406. The van der Waals surface area contributed by atoms with Gasteiger partial charge in [-0.15, -0.1) is 0 Å². The Hall–Kier alpha value is -0.193. The molecule has 1 heterocycles. The van der Waals surface area contributed by atoms with Gasteiger partial charge in [0, 0.05) is 31.3 Å². The Kier molecular flexibility index (Phi) is 2.92. The van der Waals surface area contributed by atoms with E-state index in [0.29, 0.717) is 0 Å². The van der Waals surface area contributed by atoms with Gasteiger partial charge in [0.15, 0.2) is 0 Å². The van der Waals surface area contributed by atoms with Gasteiger partial charge in [0.05, 0.1) is 0 Å². The van der Waals surface area contributed by atoms with Crippen molar-refractivity contribution in [2.75, 3.05) is 0 Å². The van der Waals surface area contributed by atoms with Crippen LogP contribution in [0.15, 0.2) is 18.5 Å². The van der Waals surface area contributed by atoms with Crippen LogP contribution in [0, 0.1) is 0 Å². The van der Waals surface area contributed by atoms with Crippen LogP contribution in [-0.4, -0.2) is 29.1 Å². The average Bonchev–Trinajstić information content (AvgIpc) is 1.76. The molecular formula is C3H4LiN2. The molecule has 1 aromatic rings. The van der Waals surface area contributed by atoms with Gasteiger partial charge in [-0.3, -0.25) is 5.10 Å². The molecule has 0 aliphatic carbocycles. The van der Waals surface area contributed by atoms with E-state index < -0.39 is 0 Å². The minimum Gasteiger partial charge on any atom is -0.286 e. The van der Waals surface area contributed by atoms with E-state index >= 15 is 0 Å². The van der Waals surface area contributed by atoms with Crippen LogP contribution in [0.1, 0.15) is 0 Å². The maximum absolute atomic E-state index is 3.60. The average molecular weight is 75.0 g/mol. The van der Waals surface area contributed by atoms with Crippen molar-refractivity contribution in [1.82, 2.24) is 10.2 Å². The fraction of sp³-hybridized carbons (Fsp3) is 0. The summed E-state index contributed by atoms with van der Waals surface area (Å²) in [6.45, 7) is 0. The van der Waals surface area contributed by atoms with E-state index in [0.717, 1.165) is 0 Å². The van der Waals surface area contributed by atoms with Gasteiger partial charge >= 0.3 is 0 Å². The summed E-state index contributed by atoms with van der Waals surface area (Å²) in [5, 5.41) is 6.21. The summed E-state index contributed by atoms with van der Waals surface area (Å²) in [6.07, 6.45) is 3.46. The van der Waals surface area contributed by atoms with Crippen LogP contribution in [-0.2, 0) is 0 Å². The van der Waals surface area contributed by atoms with Crippen LogP contribution in [0.25, 0.3) is 0 Å². The Balaban J connectivity index is 0.000000250. The monoisotopic (exact) mass is 75.1 g/mol. The molecule has 2 nitrogen and oxygen atoms in total. The topological polar surface area (TPSA) is 28.7 Å². The first-order chi connectivity index (χ1) is 2.50. The van der Waals surface area contributed by atoms with Crippen molar-refractivity contribution >= 4 is 18.9 Å². The second kappa shape index (κ2) is 3.02. The second-order valence-electron chi connectivity index (χ2n) is 0.766. The smallest absolute Gasteiger partial charge is 0.0487 e. The molecule has 1 radical (unpaired) electrons. The summed E-state index contributed by atoms with van der Waals surface area (Å²) in [7, 11) is 0. The first-order valence-electron chi connectivity index (χ1n) is 1.44. The quantitative estimate of drug-likeness (QED) is 0.433. The molecule has 0 bridgehead atoms. The summed E-state index contributed by atoms with van der Waals surface area (Å²) < 4.78 is 0. The molecule has 0 amide bonds. The van der Waals surface area contributed by atoms with Crippen LogP contribution in [0.3, 0.4) is 0 Å². The summed E-state index contributed by atoms with van der Waals surface area (Å²) >= 11 is 0. The van der Waals surface area contributed by atoms with Gasteiger partial charge in [-0.05, 0) is 6.07 Å². The number of hydrogen-bond donors (Lipinski definition) is 1. The zero-order valence-electron chi connectivity index (χ0n) is 3.68. The van der Waals surface area contributed by atoms with Crippen molar-refractivity contribution in [1.29, 1.82) is 0 Å². The maximum Gasteiger partial charge on any atom is 0.0487 e. The molecule has 0 aliphatic rings. The van der Waals surface area contributed by atoms with Crippen molar-refractivity contribution < 1.29 is 0 Å². The summed E-state index contributed by atoms with van der Waals surface area (Å²) in [4.78, 5) is 0. The number of aromatic nitrogens is 2. The summed E-state index contributed by atoms with van der Waals surface area (Å²) in [5.74, 6) is 0. The van der Waals surface area contributed by atoms with Crippen molar-refractivity contribution in [2.45, 2.75) is 0 Å². The van der Waals surface area contributed by atoms with Crippen molar-refractivity contribution in [3.8, 4) is 0 Å². The van der Waals surface area contributed by atoms with Gasteiger partial charge in [0.1, 0.15) is 0 Å². The van der Waals surface area contributed by atoms with E-state index in [1.165, 1.54) is 0 Å². The summed E-state index contributed by atoms with van der Waals surface area (Å²) in [6, 6.07) is 1.83. The zero-order valence-corrected chi connectivity index (χ0v) is 3.68. The molecule has 0 saturated heterocycles. The normalized spacial score (nSPS) is 6.67. The maximum atomic E-state index is 3.60. The van der Waals surface area contributed by atoms with E-state index in [4.69, 9.17) is 0 Å². The first-order valence-corrected chi connectivity index (χ1v) is 1.44. The Morgan fingerprint density at radius 3 is 2.50 bits per heavy atom. The Labute approximate surface area is 48.1 Å². The SMILES string of the molecule is [Li].c1cn[nH]c1. The van der Waals surface area contributed by atoms with Gasteiger partial charge < -0.3 is 0 Å². The fourth-order valence-electron chi connectivity index (χ4n) is 0.215. The molecule has 3 heteroatoms. The predicted molar refractivity (Wildman–Crippen MR) is 24.3 cm³/mol. The largest absolute Gasteiger partial charge is 0.286 e. The molecule has 0 aliphatic heterocycles. The Bertz CT molecular complexity index is 65.3. The third kappa shape index (κ3) is 1.30. The number of nitrogens with zero attached hydrogens (tertiary/aromatic N) is 1. The summed E-state index contributed by atoms with van der Waals surface area (Å²) in [5.41, 5.74) is 0. The number of aromatic amines is 1. The second-order valence-corrected chi connectivity index (χ2v) is 0.766. The van der Waals surface area contributed by atoms with Crippen molar-refractivity contribution in [3.05, 3.63) is 18.5 Å². The van der Waals surface area contributed by atoms with E-state index in [9.17, 15) is 0 Å². The zero-order chi connectivity index (χ0) is 3.54. The van der Waals surface area contributed by atoms with Gasteiger partial charge in [-0.25, -0.2) is 0 Å². The standard InChI is InChI=1S/C3H4N2.Li/c1-2-4-5-3-1;/h1-3H,(H,4,5);. The molecule has 27 valence electrons. The van der Waals surface area contributed by atoms with E-state index in [1.807, 2.05) is 6.07 Å². The minimum absolute atomic E-state index is 0. The van der Waals surface area contributed by atoms with Crippen LogP contribution in [0.2, 0.25) is 0 Å². The van der Waals surface area contributed by atoms with Crippen molar-refractivity contribution in [2.24, 2.45) is 0 Å². The Morgan fingerprint density at radius 2 is 2.33 bits per heavy atom. The molecular weight excluding hydrogens is 71.0 g/mol. The molecule has 0 fully saturated rings. The molecule has 0 saturated carbocycles. The van der Waals surface area contributed by atoms with Crippen LogP contribution < -0.4 is 0 Å². The number of nitrogens with one attached hydrogen (secondary N) is 1. The fourth-order valence-corrected chi connectivity index (χ4v) is 0.215. The molecule has 1 N–H and O–H groups in total. The molecule has 6 heavy (non-hydrogen) atoms. The molecule has 0 spiro atoms.